The normalized spacial score (nSPS) is 12.3. The molecule has 0 heterocycles. The van der Waals surface area contributed by atoms with Crippen molar-refractivity contribution >= 4 is 31.1 Å². The number of hydrogen-bond donors (Lipinski definition) is 0. The molecule has 0 aliphatic heterocycles. The van der Waals surface area contributed by atoms with Gasteiger partial charge in [-0.05, 0) is 62.9 Å². The standard InChI is InChI=1S/C18H15P.C5H5.C4H7F.BF4.NO.Re/c1-4-10-16(11-5-1)19(17-12-6-2-7-13-17)18-14-8-3-9-15-18;1-2-4-5-3-1;1-3-4(2)5;2-1(3,4)5;1-2;/h1-15H;1-5H;3-4H,1H2,2H3;;;/q;;;-1;;. The molecule has 3 aromatic rings. The number of halogens is 5. The van der Waals surface area contributed by atoms with Crippen LogP contribution in [0.1, 0.15) is 6.92 Å². The molecule has 0 saturated heterocycles. The number of allylic oxidation sites excluding steroid dienone is 1. The topological polar surface area (TPSA) is 39.4 Å². The van der Waals surface area contributed by atoms with Gasteiger partial charge in [-0.25, -0.2) is 4.39 Å². The first-order valence-corrected chi connectivity index (χ1v) is 12.0. The summed E-state index contributed by atoms with van der Waals surface area (Å²) in [5, 5.41) is 4.19. The summed E-state index contributed by atoms with van der Waals surface area (Å²) >= 11 is 0. The van der Waals surface area contributed by atoms with Crippen molar-refractivity contribution in [1.29, 1.82) is 0 Å². The largest absolute Gasteiger partial charge is 0.673 e. The molecule has 1 aliphatic rings. The molecule has 37 heavy (non-hydrogen) atoms. The van der Waals surface area contributed by atoms with E-state index in [1.54, 1.807) is 0 Å². The van der Waals surface area contributed by atoms with Crippen LogP contribution in [-0.2, 0) is 20.4 Å². The van der Waals surface area contributed by atoms with E-state index in [0.29, 0.717) is 0 Å². The van der Waals surface area contributed by atoms with Crippen LogP contribution in [0.2, 0.25) is 0 Å². The van der Waals surface area contributed by atoms with Gasteiger partial charge in [-0.15, -0.1) is 11.5 Å². The molecular weight excluding hydrogens is 677 g/mol. The van der Waals surface area contributed by atoms with Crippen molar-refractivity contribution in [1.82, 2.24) is 5.59 Å². The van der Waals surface area contributed by atoms with Crippen LogP contribution >= 0.6 is 7.92 Å². The molecule has 0 spiro atoms. The van der Waals surface area contributed by atoms with Gasteiger partial charge in [0.1, 0.15) is 11.8 Å². The molecule has 1 aliphatic carbocycles. The van der Waals surface area contributed by atoms with Crippen LogP contribution in [0.4, 0.5) is 21.7 Å². The van der Waals surface area contributed by atoms with Crippen molar-refractivity contribution in [3.8, 4) is 0 Å². The minimum absolute atomic E-state index is 0. The Kier molecular flexibility index (Phi) is 22.9. The van der Waals surface area contributed by atoms with Crippen molar-refractivity contribution in [3.05, 3.63) is 141 Å². The van der Waals surface area contributed by atoms with E-state index >= 15 is 0 Å². The molecular formula is C27H27BF5NOPRe-. The van der Waals surface area contributed by atoms with E-state index in [1.807, 2.05) is 32.1 Å². The van der Waals surface area contributed by atoms with E-state index in [1.165, 1.54) is 28.9 Å². The molecule has 1 saturated carbocycles. The summed E-state index contributed by atoms with van der Waals surface area (Å²) in [5.74, 6) is 0. The Morgan fingerprint density at radius 3 is 1.03 bits per heavy atom. The summed E-state index contributed by atoms with van der Waals surface area (Å²) in [5.41, 5.74) is 5.75. The van der Waals surface area contributed by atoms with Gasteiger partial charge in [0.15, 0.2) is 0 Å². The molecule has 1 atom stereocenters. The Hall–Kier alpha value is -2.19. The fourth-order valence-electron chi connectivity index (χ4n) is 2.50. The van der Waals surface area contributed by atoms with Gasteiger partial charge in [0.05, 0.1) is 0 Å². The van der Waals surface area contributed by atoms with Crippen molar-refractivity contribution in [3.63, 3.8) is 0 Å². The third-order valence-corrected chi connectivity index (χ3v) is 6.37. The second-order valence-electron chi connectivity index (χ2n) is 6.71. The minimum atomic E-state index is -6.00. The molecule has 7 radical (unpaired) electrons. The number of nitroso groups, excluding NO2 is 1. The van der Waals surface area contributed by atoms with Crippen molar-refractivity contribution < 1.29 is 42.1 Å². The summed E-state index contributed by atoms with van der Waals surface area (Å²) in [6, 6.07) is 32.3. The van der Waals surface area contributed by atoms with E-state index in [9.17, 15) is 21.7 Å². The molecule has 1 fully saturated rings. The van der Waals surface area contributed by atoms with Crippen molar-refractivity contribution in [2.24, 2.45) is 0 Å². The number of rotatable bonds is 4. The van der Waals surface area contributed by atoms with Gasteiger partial charge in [0.2, 0.25) is 0 Å². The van der Waals surface area contributed by atoms with E-state index in [2.05, 4.69) is 97.6 Å². The minimum Gasteiger partial charge on any atom is -0.418 e. The van der Waals surface area contributed by atoms with Crippen LogP contribution in [0, 0.1) is 37.0 Å². The molecule has 0 aromatic heterocycles. The van der Waals surface area contributed by atoms with Gasteiger partial charge < -0.3 is 17.3 Å². The first-order chi connectivity index (χ1) is 17.2. The smallest absolute Gasteiger partial charge is 0.418 e. The average molecular weight is 705 g/mol. The van der Waals surface area contributed by atoms with Crippen LogP contribution in [0.3, 0.4) is 0 Å². The molecule has 1 unspecified atom stereocenters. The summed E-state index contributed by atoms with van der Waals surface area (Å²) in [6.45, 7) is 4.62. The quantitative estimate of drug-likeness (QED) is 0.127. The van der Waals surface area contributed by atoms with E-state index < -0.39 is 21.3 Å². The van der Waals surface area contributed by atoms with Crippen LogP contribution in [0.15, 0.2) is 104 Å². The van der Waals surface area contributed by atoms with Gasteiger partial charge in [0.25, 0.3) is 0 Å². The van der Waals surface area contributed by atoms with Crippen LogP contribution in [0.25, 0.3) is 0 Å². The molecule has 10 heteroatoms. The maximum absolute atomic E-state index is 11.3. The Bertz CT molecular complexity index is 811. The van der Waals surface area contributed by atoms with Crippen molar-refractivity contribution in [2.45, 2.75) is 13.1 Å². The molecule has 4 rings (SSSR count). The second-order valence-corrected chi connectivity index (χ2v) is 8.93. The molecule has 0 N–H and O–H groups in total. The fourth-order valence-corrected chi connectivity index (χ4v) is 4.80. The predicted octanol–water partition coefficient (Wildman–Crippen LogP) is 6.85. The first kappa shape index (κ1) is 37.0. The Morgan fingerprint density at radius 2 is 0.865 bits per heavy atom. The van der Waals surface area contributed by atoms with Crippen molar-refractivity contribution in [2.75, 3.05) is 0 Å². The summed E-state index contributed by atoms with van der Waals surface area (Å²) in [6.07, 6.45) is 10.4. The zero-order chi connectivity index (χ0) is 27.2. The molecule has 2 nitrogen and oxygen atoms in total. The third-order valence-electron chi connectivity index (χ3n) is 3.92. The van der Waals surface area contributed by atoms with Crippen LogP contribution in [-0.4, -0.2) is 13.4 Å². The maximum atomic E-state index is 11.3. The number of nitrogens with zero attached hydrogens (tertiary/aromatic N) is 1. The number of hydrogen-bond acceptors (Lipinski definition) is 1. The summed E-state index contributed by atoms with van der Waals surface area (Å²) < 4.78 is 50.3. The van der Waals surface area contributed by atoms with Gasteiger partial charge in [0, 0.05) is 20.4 Å². The third kappa shape index (κ3) is 20.5. The summed E-state index contributed by atoms with van der Waals surface area (Å²) in [4.78, 5) is 7.25. The summed E-state index contributed by atoms with van der Waals surface area (Å²) in [7, 11) is -6.45. The van der Waals surface area contributed by atoms with Crippen LogP contribution < -0.4 is 21.5 Å². The number of benzene rings is 3. The average Bonchev–Trinajstić information content (AvgIpc) is 3.47. The SMILES string of the molecule is C=CC(C)F.F[B-](F)(F)F.[CH]1[CH][CH][CH][CH]1.[N]=O.[Re].c1ccc(P(c2ccccc2)c2ccccc2)cc1. The van der Waals surface area contributed by atoms with Crippen LogP contribution in [0.5, 0.6) is 0 Å². The molecule has 0 bridgehead atoms. The Labute approximate surface area is 232 Å². The monoisotopic (exact) mass is 705 g/mol. The van der Waals surface area contributed by atoms with Gasteiger partial charge in [-0.2, -0.15) is 0 Å². The Morgan fingerprint density at radius 1 is 0.676 bits per heavy atom. The zero-order valence-corrected chi connectivity index (χ0v) is 23.7. The van der Waals surface area contributed by atoms with Gasteiger partial charge in [-0.1, -0.05) is 97.1 Å². The van der Waals surface area contributed by atoms with Gasteiger partial charge in [-0.3, -0.25) is 0 Å². The Balaban J connectivity index is 0. The zero-order valence-electron chi connectivity index (χ0n) is 20.1. The van der Waals surface area contributed by atoms with E-state index in [0.717, 1.165) is 0 Å². The van der Waals surface area contributed by atoms with E-state index in [-0.39, 0.29) is 20.4 Å². The molecule has 197 valence electrons. The fraction of sp³-hybridized carbons (Fsp3) is 0.0741. The van der Waals surface area contributed by atoms with Gasteiger partial charge >= 0.3 is 7.25 Å². The maximum Gasteiger partial charge on any atom is 0.673 e. The van der Waals surface area contributed by atoms with E-state index in [4.69, 9.17) is 10.5 Å². The number of alkyl halides is 1. The molecule has 3 aromatic carbocycles. The molecule has 0 amide bonds. The predicted molar refractivity (Wildman–Crippen MR) is 143 cm³/mol. The first-order valence-electron chi connectivity index (χ1n) is 10.7. The second kappa shape index (κ2) is 23.0.